The zero-order valence-corrected chi connectivity index (χ0v) is 12.9. The van der Waals surface area contributed by atoms with Gasteiger partial charge in [-0.15, -0.1) is 0 Å². The summed E-state index contributed by atoms with van der Waals surface area (Å²) < 4.78 is 10.2. The largest absolute Gasteiger partial charge is 0.513 e. The van der Waals surface area contributed by atoms with Crippen LogP contribution in [0.15, 0.2) is 49.3 Å². The number of nitrogens with zero attached hydrogens (tertiary/aromatic N) is 2. The molecule has 1 aromatic carbocycles. The Balaban J connectivity index is 0.000000126. The fourth-order valence-electron chi connectivity index (χ4n) is 1.47. The van der Waals surface area contributed by atoms with Crippen molar-refractivity contribution in [1.82, 2.24) is 19.9 Å². The van der Waals surface area contributed by atoms with Gasteiger partial charge in [0.15, 0.2) is 17.2 Å². The van der Waals surface area contributed by atoms with E-state index < -0.39 is 10.0 Å². The summed E-state index contributed by atoms with van der Waals surface area (Å²) in [6.45, 7) is 1.92. The number of hydrogen-bond donors (Lipinski definition) is 3. The number of H-pyrrole nitrogens is 2. The van der Waals surface area contributed by atoms with Crippen molar-refractivity contribution in [2.45, 2.75) is 6.92 Å². The monoisotopic (exact) mass is 304 g/mol. The Kier molecular flexibility index (Phi) is 5.41. The first kappa shape index (κ1) is 14.7. The van der Waals surface area contributed by atoms with Crippen molar-refractivity contribution < 1.29 is 14.0 Å². The Hall–Kier alpha value is -2.74. The summed E-state index contributed by atoms with van der Waals surface area (Å²) in [5.74, 6) is 2.32. The fraction of sp³-hybridized carbons (Fsp3) is 0.0769. The standard InChI is InChI=1S/C6H6O3Si.C4H6N2.C3H4N2/c7-4-2-1-3-5-6(4)9-10-8-5;1-4-5-2-3-6-4;1-2-5-3-4-1/h1-3,7H,10H2;2-3H,1H3,(H,5,6);1-3H,(H,4,5). The SMILES string of the molecule is Cc1ncc[nH]1.Oc1cccc2c1O[SiH2]O2.c1c[nH]cn1. The van der Waals surface area contributed by atoms with E-state index in [0.29, 0.717) is 11.5 Å². The highest BCUT2D eigenvalue weighted by molar-refractivity contribution is 6.23. The van der Waals surface area contributed by atoms with Gasteiger partial charge in [0.1, 0.15) is 5.82 Å². The number of aryl methyl sites for hydroxylation is 1. The second-order valence-corrected chi connectivity index (χ2v) is 4.76. The lowest BCUT2D eigenvalue weighted by Crippen LogP contribution is -1.99. The van der Waals surface area contributed by atoms with E-state index in [0.717, 1.165) is 5.82 Å². The average molecular weight is 304 g/mol. The van der Waals surface area contributed by atoms with Crippen molar-refractivity contribution in [2.24, 2.45) is 0 Å². The molecule has 21 heavy (non-hydrogen) atoms. The third-order valence-electron chi connectivity index (χ3n) is 2.42. The molecule has 0 fully saturated rings. The van der Waals surface area contributed by atoms with Crippen LogP contribution in [0.5, 0.6) is 17.2 Å². The molecule has 3 aromatic rings. The van der Waals surface area contributed by atoms with Crippen LogP contribution < -0.4 is 8.85 Å². The van der Waals surface area contributed by atoms with Crippen LogP contribution >= 0.6 is 0 Å². The zero-order valence-electron chi connectivity index (χ0n) is 11.5. The van der Waals surface area contributed by atoms with Gasteiger partial charge in [-0.2, -0.15) is 0 Å². The third-order valence-corrected chi connectivity index (χ3v) is 3.25. The van der Waals surface area contributed by atoms with Gasteiger partial charge in [-0.25, -0.2) is 9.97 Å². The number of rotatable bonds is 0. The summed E-state index contributed by atoms with van der Waals surface area (Å²) in [5.41, 5.74) is 0. The van der Waals surface area contributed by atoms with Crippen LogP contribution in [0.3, 0.4) is 0 Å². The molecular weight excluding hydrogens is 288 g/mol. The van der Waals surface area contributed by atoms with Crippen molar-refractivity contribution in [1.29, 1.82) is 0 Å². The molecule has 0 saturated carbocycles. The van der Waals surface area contributed by atoms with Gasteiger partial charge in [-0.3, -0.25) is 0 Å². The van der Waals surface area contributed by atoms with Gasteiger partial charge in [0, 0.05) is 24.8 Å². The minimum atomic E-state index is -0.892. The minimum Gasteiger partial charge on any atom is -0.513 e. The number of fused-ring (bicyclic) bond motifs is 1. The normalized spacial score (nSPS) is 12.0. The van der Waals surface area contributed by atoms with E-state index in [1.807, 2.05) is 6.92 Å². The lowest BCUT2D eigenvalue weighted by atomic mass is 10.3. The van der Waals surface area contributed by atoms with E-state index in [4.69, 9.17) is 14.0 Å². The molecule has 0 amide bonds. The lowest BCUT2D eigenvalue weighted by molar-refractivity contribution is 0.446. The summed E-state index contributed by atoms with van der Waals surface area (Å²) in [6.07, 6.45) is 8.62. The highest BCUT2D eigenvalue weighted by atomic mass is 28.3. The molecule has 0 bridgehead atoms. The third kappa shape index (κ3) is 4.69. The highest BCUT2D eigenvalue weighted by Crippen LogP contribution is 2.38. The fourth-order valence-corrected chi connectivity index (χ4v) is 2.30. The molecule has 0 aliphatic carbocycles. The molecule has 0 unspecified atom stereocenters. The van der Waals surface area contributed by atoms with Crippen LogP contribution in [0.1, 0.15) is 5.82 Å². The number of hydrogen-bond acceptors (Lipinski definition) is 5. The van der Waals surface area contributed by atoms with Crippen molar-refractivity contribution in [2.75, 3.05) is 0 Å². The number of aromatic amines is 2. The van der Waals surface area contributed by atoms with E-state index in [1.54, 1.807) is 49.3 Å². The van der Waals surface area contributed by atoms with E-state index in [1.165, 1.54) is 0 Å². The number of aromatic hydroxyl groups is 1. The van der Waals surface area contributed by atoms with E-state index in [2.05, 4.69) is 19.9 Å². The van der Waals surface area contributed by atoms with Crippen LogP contribution in [-0.4, -0.2) is 35.0 Å². The number of nitrogens with one attached hydrogen (secondary N) is 2. The summed E-state index contributed by atoms with van der Waals surface area (Å²) >= 11 is 0. The van der Waals surface area contributed by atoms with E-state index >= 15 is 0 Å². The Morgan fingerprint density at radius 2 is 2.10 bits per heavy atom. The number of aromatic nitrogens is 4. The zero-order chi connectivity index (χ0) is 14.9. The van der Waals surface area contributed by atoms with Gasteiger partial charge >= 0.3 is 10.0 Å². The van der Waals surface area contributed by atoms with Crippen molar-refractivity contribution in [3.8, 4) is 17.2 Å². The summed E-state index contributed by atoms with van der Waals surface area (Å²) in [6, 6.07) is 5.11. The second-order valence-electron chi connectivity index (χ2n) is 3.95. The number of imidazole rings is 2. The van der Waals surface area contributed by atoms with Crippen LogP contribution in [0, 0.1) is 6.92 Å². The number of phenols is 1. The smallest absolute Gasteiger partial charge is 0.428 e. The highest BCUT2D eigenvalue weighted by Gasteiger charge is 2.16. The van der Waals surface area contributed by atoms with Crippen molar-refractivity contribution >= 4 is 10.0 Å². The average Bonchev–Trinajstić information content (AvgIpc) is 3.24. The van der Waals surface area contributed by atoms with E-state index in [-0.39, 0.29) is 5.75 Å². The maximum Gasteiger partial charge on any atom is 0.428 e. The Bertz CT molecular complexity index is 612. The molecule has 2 aromatic heterocycles. The number of para-hydroxylation sites is 1. The van der Waals surface area contributed by atoms with Crippen LogP contribution in [0.25, 0.3) is 0 Å². The predicted octanol–water partition coefficient (Wildman–Crippen LogP) is 1.29. The molecule has 110 valence electrons. The maximum atomic E-state index is 9.15. The topological polar surface area (TPSA) is 96.0 Å². The van der Waals surface area contributed by atoms with Gasteiger partial charge in [0.05, 0.1) is 6.33 Å². The first-order chi connectivity index (χ1) is 10.3. The van der Waals surface area contributed by atoms with Gasteiger partial charge < -0.3 is 23.9 Å². The number of benzene rings is 1. The van der Waals surface area contributed by atoms with Gasteiger partial charge in [-0.05, 0) is 19.1 Å². The minimum absolute atomic E-state index is 0.169. The van der Waals surface area contributed by atoms with Crippen LogP contribution in [0.4, 0.5) is 0 Å². The Labute approximate surface area is 124 Å². The first-order valence-electron chi connectivity index (χ1n) is 6.23. The molecule has 3 heterocycles. The molecule has 0 spiro atoms. The van der Waals surface area contributed by atoms with Gasteiger partial charge in [0.25, 0.3) is 0 Å². The molecular formula is C13H16N4O3Si. The molecule has 1 aliphatic rings. The van der Waals surface area contributed by atoms with Crippen LogP contribution in [0.2, 0.25) is 0 Å². The predicted molar refractivity (Wildman–Crippen MR) is 79.8 cm³/mol. The quantitative estimate of drug-likeness (QED) is 0.544. The molecule has 1 aliphatic heterocycles. The molecule has 7 nitrogen and oxygen atoms in total. The second kappa shape index (κ2) is 7.75. The van der Waals surface area contributed by atoms with Crippen molar-refractivity contribution in [3.05, 3.63) is 55.1 Å². The molecule has 0 atom stereocenters. The van der Waals surface area contributed by atoms with Gasteiger partial charge in [-0.1, -0.05) is 6.07 Å². The first-order valence-corrected chi connectivity index (χ1v) is 7.39. The molecule has 4 rings (SSSR count). The number of phenolic OH excluding ortho intramolecular Hbond substituents is 1. The molecule has 0 radical (unpaired) electrons. The summed E-state index contributed by atoms with van der Waals surface area (Å²) in [5, 5.41) is 9.15. The summed E-state index contributed by atoms with van der Waals surface area (Å²) in [4.78, 5) is 13.2. The van der Waals surface area contributed by atoms with Crippen LogP contribution in [-0.2, 0) is 0 Å². The molecule has 8 heteroatoms. The van der Waals surface area contributed by atoms with Crippen molar-refractivity contribution in [3.63, 3.8) is 0 Å². The molecule has 3 N–H and O–H groups in total. The van der Waals surface area contributed by atoms with E-state index in [9.17, 15) is 0 Å². The Morgan fingerprint density at radius 3 is 2.57 bits per heavy atom. The summed E-state index contributed by atoms with van der Waals surface area (Å²) in [7, 11) is -0.892. The lowest BCUT2D eigenvalue weighted by Gasteiger charge is -1.97. The molecule has 0 saturated heterocycles. The Morgan fingerprint density at radius 1 is 1.19 bits per heavy atom. The maximum absolute atomic E-state index is 9.15. The van der Waals surface area contributed by atoms with Gasteiger partial charge in [0.2, 0.25) is 0 Å².